The number of ether oxygens (including phenoxy) is 2. The molecular formula is C8H15N3O2. The Morgan fingerprint density at radius 3 is 2.00 bits per heavy atom. The van der Waals surface area contributed by atoms with Crippen LogP contribution in [-0.2, 0) is 15.4 Å². The summed E-state index contributed by atoms with van der Waals surface area (Å²) in [6, 6.07) is 0. The van der Waals surface area contributed by atoms with E-state index in [-0.39, 0.29) is 0 Å². The molecule has 1 aromatic rings. The average Bonchev–Trinajstić information content (AvgIpc) is 2.57. The van der Waals surface area contributed by atoms with Crippen LogP contribution in [0.15, 0.2) is 12.4 Å². The summed E-state index contributed by atoms with van der Waals surface area (Å²) in [6.07, 6.45) is 3.19. The van der Waals surface area contributed by atoms with E-state index in [1.165, 1.54) is 4.80 Å². The van der Waals surface area contributed by atoms with Crippen molar-refractivity contribution in [3.63, 3.8) is 0 Å². The van der Waals surface area contributed by atoms with Crippen LogP contribution in [0.3, 0.4) is 0 Å². The summed E-state index contributed by atoms with van der Waals surface area (Å²) in [5, 5.41) is 7.96. The molecular weight excluding hydrogens is 170 g/mol. The summed E-state index contributed by atoms with van der Waals surface area (Å²) in [5.74, 6) is -0.882. The van der Waals surface area contributed by atoms with E-state index in [0.717, 1.165) is 0 Å². The van der Waals surface area contributed by atoms with Gasteiger partial charge in [-0.3, -0.25) is 0 Å². The van der Waals surface area contributed by atoms with Gasteiger partial charge in [-0.15, -0.1) is 4.80 Å². The minimum atomic E-state index is -0.882. The third-order valence-electron chi connectivity index (χ3n) is 1.61. The standard InChI is InChI=1S/C8H15N3O2/c1-4-12-8(3,13-5-2)11-9-6-7-10-11/h6-7H,4-5H2,1-3H3. The molecule has 13 heavy (non-hydrogen) atoms. The van der Waals surface area contributed by atoms with Gasteiger partial charge < -0.3 is 9.47 Å². The third kappa shape index (κ3) is 2.26. The molecule has 0 spiro atoms. The second kappa shape index (κ2) is 4.34. The molecule has 1 heterocycles. The molecule has 0 amide bonds. The number of aromatic nitrogens is 3. The molecule has 0 saturated heterocycles. The third-order valence-corrected chi connectivity index (χ3v) is 1.61. The van der Waals surface area contributed by atoms with Crippen LogP contribution in [0, 0.1) is 0 Å². The summed E-state index contributed by atoms with van der Waals surface area (Å²) in [6.45, 7) is 6.71. The minimum absolute atomic E-state index is 0.554. The first kappa shape index (κ1) is 10.1. The lowest BCUT2D eigenvalue weighted by Crippen LogP contribution is -2.38. The molecule has 74 valence electrons. The molecule has 1 rings (SSSR count). The SMILES string of the molecule is CCOC(C)(OCC)n1nccn1. The molecule has 0 aliphatic heterocycles. The zero-order valence-electron chi connectivity index (χ0n) is 8.23. The summed E-state index contributed by atoms with van der Waals surface area (Å²) in [7, 11) is 0. The van der Waals surface area contributed by atoms with Crippen molar-refractivity contribution >= 4 is 0 Å². The quantitative estimate of drug-likeness (QED) is 0.642. The molecule has 5 nitrogen and oxygen atoms in total. The van der Waals surface area contributed by atoms with Gasteiger partial charge in [0.1, 0.15) is 0 Å². The lowest BCUT2D eigenvalue weighted by Gasteiger charge is -2.27. The molecule has 0 N–H and O–H groups in total. The van der Waals surface area contributed by atoms with Crippen LogP contribution in [0.4, 0.5) is 0 Å². The van der Waals surface area contributed by atoms with Crippen LogP contribution in [-0.4, -0.2) is 28.2 Å². The van der Waals surface area contributed by atoms with Gasteiger partial charge in [0.25, 0.3) is 5.91 Å². The molecule has 0 aliphatic carbocycles. The van der Waals surface area contributed by atoms with E-state index in [0.29, 0.717) is 13.2 Å². The van der Waals surface area contributed by atoms with Crippen molar-refractivity contribution in [2.45, 2.75) is 26.7 Å². The molecule has 5 heteroatoms. The highest BCUT2D eigenvalue weighted by molar-refractivity contribution is 4.64. The molecule has 0 atom stereocenters. The van der Waals surface area contributed by atoms with Gasteiger partial charge in [-0.1, -0.05) is 0 Å². The fourth-order valence-corrected chi connectivity index (χ4v) is 1.12. The number of hydrogen-bond donors (Lipinski definition) is 0. The molecule has 0 bridgehead atoms. The highest BCUT2D eigenvalue weighted by Crippen LogP contribution is 2.16. The lowest BCUT2D eigenvalue weighted by atomic mass is 10.5. The fraction of sp³-hybridized carbons (Fsp3) is 0.750. The smallest absolute Gasteiger partial charge is 0.285 e. The zero-order valence-corrected chi connectivity index (χ0v) is 8.23. The minimum Gasteiger partial charge on any atom is -0.331 e. The topological polar surface area (TPSA) is 49.2 Å². The van der Waals surface area contributed by atoms with E-state index in [1.807, 2.05) is 13.8 Å². The van der Waals surface area contributed by atoms with E-state index in [9.17, 15) is 0 Å². The van der Waals surface area contributed by atoms with Crippen molar-refractivity contribution in [2.24, 2.45) is 0 Å². The fourth-order valence-electron chi connectivity index (χ4n) is 1.12. The van der Waals surface area contributed by atoms with Gasteiger partial charge in [-0.05, 0) is 13.8 Å². The molecule has 0 aliphatic rings. The van der Waals surface area contributed by atoms with E-state index in [1.54, 1.807) is 19.3 Å². The van der Waals surface area contributed by atoms with Crippen molar-refractivity contribution in [1.82, 2.24) is 15.0 Å². The molecule has 0 saturated carbocycles. The largest absolute Gasteiger partial charge is 0.331 e. The summed E-state index contributed by atoms with van der Waals surface area (Å²) in [5.41, 5.74) is 0. The number of rotatable bonds is 5. The molecule has 1 aromatic heterocycles. The Bertz CT molecular complexity index is 230. The second-order valence-corrected chi connectivity index (χ2v) is 2.58. The first-order chi connectivity index (χ1) is 6.23. The lowest BCUT2D eigenvalue weighted by molar-refractivity contribution is -0.290. The van der Waals surface area contributed by atoms with Crippen LogP contribution in [0.25, 0.3) is 0 Å². The number of nitrogens with zero attached hydrogens (tertiary/aromatic N) is 3. The van der Waals surface area contributed by atoms with E-state index in [2.05, 4.69) is 10.2 Å². The maximum Gasteiger partial charge on any atom is 0.285 e. The first-order valence-electron chi connectivity index (χ1n) is 4.37. The molecule has 0 radical (unpaired) electrons. The van der Waals surface area contributed by atoms with Crippen LogP contribution in [0.5, 0.6) is 0 Å². The Hall–Kier alpha value is -0.940. The van der Waals surface area contributed by atoms with E-state index in [4.69, 9.17) is 9.47 Å². The van der Waals surface area contributed by atoms with Gasteiger partial charge in [0, 0.05) is 20.1 Å². The Balaban J connectivity index is 2.78. The van der Waals surface area contributed by atoms with Crippen molar-refractivity contribution in [3.05, 3.63) is 12.4 Å². The Kier molecular flexibility index (Phi) is 3.39. The number of hydrogen-bond acceptors (Lipinski definition) is 4. The van der Waals surface area contributed by atoms with Gasteiger partial charge in [-0.25, -0.2) is 0 Å². The maximum absolute atomic E-state index is 5.43. The van der Waals surface area contributed by atoms with Crippen LogP contribution in [0.2, 0.25) is 0 Å². The monoisotopic (exact) mass is 185 g/mol. The zero-order chi connectivity index (χ0) is 9.73. The van der Waals surface area contributed by atoms with Gasteiger partial charge in [0.2, 0.25) is 0 Å². The summed E-state index contributed by atoms with van der Waals surface area (Å²) >= 11 is 0. The molecule has 0 aromatic carbocycles. The maximum atomic E-state index is 5.43. The van der Waals surface area contributed by atoms with Crippen LogP contribution < -0.4 is 0 Å². The van der Waals surface area contributed by atoms with Crippen molar-refractivity contribution < 1.29 is 9.47 Å². The van der Waals surface area contributed by atoms with Gasteiger partial charge in [0.15, 0.2) is 0 Å². The second-order valence-electron chi connectivity index (χ2n) is 2.58. The normalized spacial score (nSPS) is 11.9. The van der Waals surface area contributed by atoms with E-state index >= 15 is 0 Å². The molecule has 0 unspecified atom stereocenters. The Labute approximate surface area is 77.6 Å². The van der Waals surface area contributed by atoms with Gasteiger partial charge >= 0.3 is 0 Å². The van der Waals surface area contributed by atoms with Crippen molar-refractivity contribution in [2.75, 3.05) is 13.2 Å². The van der Waals surface area contributed by atoms with E-state index < -0.39 is 5.91 Å². The first-order valence-corrected chi connectivity index (χ1v) is 4.37. The Morgan fingerprint density at radius 1 is 1.15 bits per heavy atom. The Morgan fingerprint density at radius 2 is 1.62 bits per heavy atom. The molecule has 0 fully saturated rings. The predicted octanol–water partition coefficient (Wildman–Crippen LogP) is 0.981. The van der Waals surface area contributed by atoms with Gasteiger partial charge in [0.05, 0.1) is 12.4 Å². The van der Waals surface area contributed by atoms with Crippen molar-refractivity contribution in [1.29, 1.82) is 0 Å². The van der Waals surface area contributed by atoms with Crippen LogP contribution >= 0.6 is 0 Å². The summed E-state index contributed by atoms with van der Waals surface area (Å²) < 4.78 is 10.9. The van der Waals surface area contributed by atoms with Crippen molar-refractivity contribution in [3.8, 4) is 0 Å². The predicted molar refractivity (Wildman–Crippen MR) is 46.9 cm³/mol. The highest BCUT2D eigenvalue weighted by Gasteiger charge is 2.29. The van der Waals surface area contributed by atoms with Gasteiger partial charge in [-0.2, -0.15) is 10.2 Å². The highest BCUT2D eigenvalue weighted by atomic mass is 16.7. The summed E-state index contributed by atoms with van der Waals surface area (Å²) in [4.78, 5) is 1.42. The average molecular weight is 185 g/mol. The van der Waals surface area contributed by atoms with Crippen LogP contribution in [0.1, 0.15) is 20.8 Å².